The Morgan fingerprint density at radius 1 is 1.32 bits per heavy atom. The van der Waals surface area contributed by atoms with Gasteiger partial charge in [0.05, 0.1) is 24.3 Å². The maximum Gasteiger partial charge on any atom is 0.239 e. The number of rotatable bonds is 6. The van der Waals surface area contributed by atoms with Crippen LogP contribution in [0.25, 0.3) is 11.9 Å². The lowest BCUT2D eigenvalue weighted by atomic mass is 9.92. The molecular weight excluding hydrogens is 470 g/mol. The smallest absolute Gasteiger partial charge is 0.239 e. The van der Waals surface area contributed by atoms with Crippen molar-refractivity contribution in [3.05, 3.63) is 71.6 Å². The fourth-order valence-electron chi connectivity index (χ4n) is 3.33. The van der Waals surface area contributed by atoms with Crippen LogP contribution >= 0.6 is 0 Å². The zero-order valence-corrected chi connectivity index (χ0v) is 19.0. The molecule has 0 radical (unpaired) electrons. The van der Waals surface area contributed by atoms with E-state index in [9.17, 15) is 17.2 Å². The quantitative estimate of drug-likeness (QED) is 0.556. The Bertz CT molecular complexity index is 1360. The molecular formula is C21H20F2N6O4S. The number of nitrogens with two attached hydrogens (primary N) is 1. The van der Waals surface area contributed by atoms with Gasteiger partial charge in [-0.25, -0.2) is 41.4 Å². The van der Waals surface area contributed by atoms with Crippen molar-refractivity contribution in [1.29, 1.82) is 0 Å². The molecule has 1 unspecified atom stereocenters. The third kappa shape index (κ3) is 4.73. The van der Waals surface area contributed by atoms with Crippen LogP contribution in [0.15, 0.2) is 52.5 Å². The third-order valence-electron chi connectivity index (χ3n) is 5.13. The third-order valence-corrected chi connectivity index (χ3v) is 7.08. The van der Waals surface area contributed by atoms with Crippen LogP contribution in [-0.4, -0.2) is 46.4 Å². The van der Waals surface area contributed by atoms with E-state index >= 15 is 0 Å². The monoisotopic (exact) mass is 490 g/mol. The van der Waals surface area contributed by atoms with E-state index in [2.05, 4.69) is 19.9 Å². The van der Waals surface area contributed by atoms with Gasteiger partial charge < -0.3 is 14.9 Å². The zero-order chi connectivity index (χ0) is 24.5. The minimum Gasteiger partial charge on any atom is -0.467 e. The number of sulfonamides is 1. The van der Waals surface area contributed by atoms with E-state index in [0.717, 1.165) is 16.4 Å². The van der Waals surface area contributed by atoms with E-state index in [0.29, 0.717) is 5.89 Å². The number of nitrogens with zero attached hydrogens (tertiary/aromatic N) is 5. The second kappa shape index (κ2) is 8.82. The highest BCUT2D eigenvalue weighted by molar-refractivity contribution is 7.89. The molecule has 0 aliphatic carbocycles. The number of guanidine groups is 1. The van der Waals surface area contributed by atoms with Gasteiger partial charge in [0.15, 0.2) is 12.4 Å². The lowest BCUT2D eigenvalue weighted by Crippen LogP contribution is -2.50. The molecule has 0 saturated heterocycles. The van der Waals surface area contributed by atoms with Crippen molar-refractivity contribution < 1.29 is 26.4 Å². The van der Waals surface area contributed by atoms with E-state index in [1.165, 1.54) is 51.0 Å². The summed E-state index contributed by atoms with van der Waals surface area (Å²) in [4.78, 5) is 16.1. The zero-order valence-electron chi connectivity index (χ0n) is 18.1. The van der Waals surface area contributed by atoms with Gasteiger partial charge in [0, 0.05) is 12.6 Å². The van der Waals surface area contributed by atoms with Crippen LogP contribution in [0.3, 0.4) is 0 Å². The van der Waals surface area contributed by atoms with Crippen molar-refractivity contribution in [2.24, 2.45) is 10.7 Å². The highest BCUT2D eigenvalue weighted by Gasteiger charge is 2.41. The molecule has 0 bridgehead atoms. The standard InChI is InChI=1S/C21H20F2N6O4S/c1-21(12-34(30,31)29(2)20(24)28-21)14-7-13(3-4-15(14)22)8-16(23)17-9-27-18(10-26-17)33-11-19-25-5-6-32-19/h3-10H,11-12H2,1-2H3,(H2,24,28). The lowest BCUT2D eigenvalue weighted by molar-refractivity contribution is 0.252. The Kier molecular flexibility index (Phi) is 6.04. The minimum absolute atomic E-state index is 0.0324. The average molecular weight is 490 g/mol. The molecule has 4 rings (SSSR count). The number of ether oxygens (including phenoxy) is 1. The Balaban J connectivity index is 1.57. The summed E-state index contributed by atoms with van der Waals surface area (Å²) in [7, 11) is -2.54. The van der Waals surface area contributed by atoms with Crippen LogP contribution in [-0.2, 0) is 22.2 Å². The van der Waals surface area contributed by atoms with Gasteiger partial charge in [0.25, 0.3) is 0 Å². The topological polar surface area (TPSA) is 137 Å². The molecule has 0 fully saturated rings. The van der Waals surface area contributed by atoms with E-state index in [-0.39, 0.29) is 35.3 Å². The summed E-state index contributed by atoms with van der Waals surface area (Å²) >= 11 is 0. The van der Waals surface area contributed by atoms with Crippen LogP contribution in [0.1, 0.15) is 29.6 Å². The molecule has 34 heavy (non-hydrogen) atoms. The Morgan fingerprint density at radius 3 is 2.76 bits per heavy atom. The molecule has 1 aliphatic heterocycles. The number of hydrogen-bond donors (Lipinski definition) is 1. The minimum atomic E-state index is -3.80. The van der Waals surface area contributed by atoms with E-state index in [4.69, 9.17) is 14.9 Å². The Morgan fingerprint density at radius 2 is 2.12 bits per heavy atom. The first-order valence-corrected chi connectivity index (χ1v) is 11.5. The first kappa shape index (κ1) is 23.3. The molecule has 0 saturated carbocycles. The van der Waals surface area contributed by atoms with Gasteiger partial charge in [-0.3, -0.25) is 0 Å². The lowest BCUT2D eigenvalue weighted by Gasteiger charge is -2.34. The maximum absolute atomic E-state index is 14.8. The highest BCUT2D eigenvalue weighted by Crippen LogP contribution is 2.34. The Labute approximate surface area is 193 Å². The molecule has 3 heterocycles. The second-order valence-electron chi connectivity index (χ2n) is 7.65. The van der Waals surface area contributed by atoms with Crippen molar-refractivity contribution in [3.63, 3.8) is 0 Å². The van der Waals surface area contributed by atoms with Crippen molar-refractivity contribution in [2.45, 2.75) is 19.1 Å². The van der Waals surface area contributed by atoms with Crippen LogP contribution in [0, 0.1) is 5.82 Å². The van der Waals surface area contributed by atoms with Gasteiger partial charge in [-0.2, -0.15) is 0 Å². The molecule has 13 heteroatoms. The van der Waals surface area contributed by atoms with Gasteiger partial charge in [-0.15, -0.1) is 0 Å². The second-order valence-corrected chi connectivity index (χ2v) is 9.65. The van der Waals surface area contributed by atoms with Crippen LogP contribution in [0.4, 0.5) is 8.78 Å². The molecule has 1 aromatic carbocycles. The number of aliphatic imine (C=N–C) groups is 1. The number of benzene rings is 1. The SMILES string of the molecule is CN1C(N)=NC(C)(c2cc(C=C(F)c3cnc(OCc4ncco4)cn3)ccc2F)CS1(=O)=O. The Hall–Kier alpha value is -3.87. The predicted octanol–water partition coefficient (Wildman–Crippen LogP) is 2.46. The van der Waals surface area contributed by atoms with Crippen LogP contribution in [0.5, 0.6) is 5.88 Å². The van der Waals surface area contributed by atoms with Gasteiger partial charge in [0.1, 0.15) is 23.3 Å². The summed E-state index contributed by atoms with van der Waals surface area (Å²) < 4.78 is 65.6. The fourth-order valence-corrected chi connectivity index (χ4v) is 4.78. The summed E-state index contributed by atoms with van der Waals surface area (Å²) in [5.41, 5.74) is 4.41. The molecule has 2 aromatic heterocycles. The van der Waals surface area contributed by atoms with Crippen molar-refractivity contribution in [1.82, 2.24) is 19.3 Å². The summed E-state index contributed by atoms with van der Waals surface area (Å²) in [6.45, 7) is 1.49. The number of halogens is 2. The molecule has 178 valence electrons. The predicted molar refractivity (Wildman–Crippen MR) is 119 cm³/mol. The van der Waals surface area contributed by atoms with Gasteiger partial charge in [-0.05, 0) is 30.7 Å². The number of hydrogen-bond acceptors (Lipinski definition) is 9. The van der Waals surface area contributed by atoms with Crippen molar-refractivity contribution >= 4 is 27.9 Å². The van der Waals surface area contributed by atoms with Crippen molar-refractivity contribution in [2.75, 3.05) is 12.8 Å². The van der Waals surface area contributed by atoms with Crippen LogP contribution < -0.4 is 10.5 Å². The van der Waals surface area contributed by atoms with E-state index < -0.39 is 33.0 Å². The normalized spacial score (nSPS) is 20.2. The van der Waals surface area contributed by atoms with E-state index in [1.807, 2.05) is 0 Å². The molecule has 3 aromatic rings. The molecule has 2 N–H and O–H groups in total. The van der Waals surface area contributed by atoms with Gasteiger partial charge in [-0.1, -0.05) is 6.07 Å². The fraction of sp³-hybridized carbons (Fsp3) is 0.238. The first-order chi connectivity index (χ1) is 16.1. The summed E-state index contributed by atoms with van der Waals surface area (Å²) in [5, 5.41) is 0. The molecule has 1 atom stereocenters. The molecule has 0 spiro atoms. The largest absolute Gasteiger partial charge is 0.467 e. The van der Waals surface area contributed by atoms with Crippen LogP contribution in [0.2, 0.25) is 0 Å². The summed E-state index contributed by atoms with van der Waals surface area (Å²) in [6, 6.07) is 3.79. The molecule has 10 nitrogen and oxygen atoms in total. The summed E-state index contributed by atoms with van der Waals surface area (Å²) in [5.74, 6) is -1.70. The first-order valence-electron chi connectivity index (χ1n) is 9.90. The summed E-state index contributed by atoms with van der Waals surface area (Å²) in [6.07, 6.45) is 6.42. The highest BCUT2D eigenvalue weighted by atomic mass is 32.2. The van der Waals surface area contributed by atoms with E-state index in [1.54, 1.807) is 0 Å². The van der Waals surface area contributed by atoms with Gasteiger partial charge >= 0.3 is 0 Å². The maximum atomic E-state index is 14.8. The molecule has 0 amide bonds. The number of aromatic nitrogens is 3. The van der Waals surface area contributed by atoms with Crippen molar-refractivity contribution in [3.8, 4) is 5.88 Å². The average Bonchev–Trinajstić information content (AvgIpc) is 3.31. The number of oxazole rings is 1. The van der Waals surface area contributed by atoms with Gasteiger partial charge in [0.2, 0.25) is 27.8 Å². The molecule has 1 aliphatic rings.